The highest BCUT2D eigenvalue weighted by molar-refractivity contribution is 6.11. The molecule has 0 N–H and O–H groups in total. The monoisotopic (exact) mass is 888 g/mol. The van der Waals surface area contributed by atoms with Crippen molar-refractivity contribution < 1.29 is 0 Å². The van der Waals surface area contributed by atoms with Crippen LogP contribution < -0.4 is 4.90 Å². The fourth-order valence-corrected chi connectivity index (χ4v) is 10.2. The van der Waals surface area contributed by atoms with Gasteiger partial charge >= 0.3 is 0 Å². The van der Waals surface area contributed by atoms with Crippen LogP contribution in [-0.4, -0.2) is 18.7 Å². The Labute approximate surface area is 403 Å². The lowest BCUT2D eigenvalue weighted by molar-refractivity contribution is 0.406. The summed E-state index contributed by atoms with van der Waals surface area (Å²) in [5.41, 5.74) is 17.8. The topological polar surface area (TPSA) is 30.9 Å². The first kappa shape index (κ1) is 41.6. The number of nitrogens with zero attached hydrogens (tertiary/aromatic N) is 5. The second-order valence-corrected chi connectivity index (χ2v) is 18.7. The first-order valence-electron chi connectivity index (χ1n) is 23.7. The Kier molecular flexibility index (Phi) is 10.3. The number of para-hydroxylation sites is 4. The molecule has 12 aromatic rings. The summed E-state index contributed by atoms with van der Waals surface area (Å²) in [6.45, 7) is 6.79. The minimum Gasteiger partial charge on any atom is -0.308 e. The van der Waals surface area contributed by atoms with E-state index < -0.39 is 0 Å². The molecule has 0 saturated carbocycles. The molecule has 0 fully saturated rings. The van der Waals surface area contributed by atoms with Crippen LogP contribution in [0.2, 0.25) is 0 Å². The number of fused-ring (bicyclic) bond motifs is 4. The Hall–Kier alpha value is -8.80. The highest BCUT2D eigenvalue weighted by Crippen LogP contribution is 2.48. The van der Waals surface area contributed by atoms with Crippen LogP contribution in [0.1, 0.15) is 20.8 Å². The zero-order valence-electron chi connectivity index (χ0n) is 38.9. The lowest BCUT2D eigenvalue weighted by atomic mass is 9.94. The largest absolute Gasteiger partial charge is 0.308 e. The van der Waals surface area contributed by atoms with E-state index in [1.54, 1.807) is 0 Å². The molecule has 0 aliphatic heterocycles. The van der Waals surface area contributed by atoms with Gasteiger partial charge in [-0.05, 0) is 109 Å². The molecular formula is C64H50N5+. The van der Waals surface area contributed by atoms with Crippen molar-refractivity contribution in [2.75, 3.05) is 4.90 Å². The van der Waals surface area contributed by atoms with Crippen molar-refractivity contribution in [2.45, 2.75) is 26.3 Å². The fourth-order valence-electron chi connectivity index (χ4n) is 10.2. The second kappa shape index (κ2) is 17.1. The lowest BCUT2D eigenvalue weighted by Crippen LogP contribution is -2.20. The Morgan fingerprint density at radius 2 is 0.928 bits per heavy atom. The van der Waals surface area contributed by atoms with E-state index in [0.29, 0.717) is 0 Å². The number of imidazole rings is 1. The van der Waals surface area contributed by atoms with Crippen LogP contribution in [0.3, 0.4) is 0 Å². The van der Waals surface area contributed by atoms with Crippen LogP contribution in [0, 0.1) is 0 Å². The van der Waals surface area contributed by atoms with Gasteiger partial charge in [0.1, 0.15) is 11.5 Å². The van der Waals surface area contributed by atoms with Gasteiger partial charge in [-0.25, -0.2) is 9.55 Å². The first-order chi connectivity index (χ1) is 33.9. The molecule has 0 bridgehead atoms. The van der Waals surface area contributed by atoms with Gasteiger partial charge in [-0.3, -0.25) is 4.57 Å². The van der Waals surface area contributed by atoms with Gasteiger partial charge in [-0.1, -0.05) is 158 Å². The van der Waals surface area contributed by atoms with E-state index in [9.17, 15) is 0 Å². The van der Waals surface area contributed by atoms with Gasteiger partial charge in [0.15, 0.2) is 17.4 Å². The minimum atomic E-state index is -0.124. The van der Waals surface area contributed by atoms with Crippen LogP contribution >= 0.6 is 0 Å². The van der Waals surface area contributed by atoms with Crippen molar-refractivity contribution >= 4 is 49.9 Å². The van der Waals surface area contributed by atoms with E-state index in [1.165, 1.54) is 22.0 Å². The van der Waals surface area contributed by atoms with Gasteiger partial charge in [-0.2, -0.15) is 4.57 Å². The molecule has 69 heavy (non-hydrogen) atoms. The summed E-state index contributed by atoms with van der Waals surface area (Å²) < 4.78 is 7.05. The van der Waals surface area contributed by atoms with E-state index >= 15 is 0 Å². The molecule has 0 aliphatic rings. The average molecular weight is 889 g/mol. The number of anilines is 3. The molecule has 5 heteroatoms. The maximum atomic E-state index is 5.14. The summed E-state index contributed by atoms with van der Waals surface area (Å²) in [4.78, 5) is 7.61. The number of rotatable bonds is 9. The van der Waals surface area contributed by atoms with Crippen LogP contribution in [0.25, 0.3) is 88.9 Å². The normalized spacial score (nSPS) is 11.7. The molecule has 0 radical (unpaired) electrons. The third-order valence-electron chi connectivity index (χ3n) is 13.4. The van der Waals surface area contributed by atoms with E-state index in [4.69, 9.17) is 4.98 Å². The summed E-state index contributed by atoms with van der Waals surface area (Å²) in [6, 6.07) is 85.3. The molecule has 0 saturated heterocycles. The number of aromatic nitrogens is 4. The summed E-state index contributed by atoms with van der Waals surface area (Å²) in [5.74, 6) is 0.855. The highest BCUT2D eigenvalue weighted by Gasteiger charge is 2.27. The van der Waals surface area contributed by atoms with Gasteiger partial charge in [0.05, 0.1) is 27.9 Å². The molecule has 3 heterocycles. The van der Waals surface area contributed by atoms with E-state index in [-0.39, 0.29) is 5.54 Å². The predicted molar refractivity (Wildman–Crippen MR) is 289 cm³/mol. The van der Waals surface area contributed by atoms with Crippen LogP contribution in [0.4, 0.5) is 17.1 Å². The maximum absolute atomic E-state index is 5.14. The third-order valence-corrected chi connectivity index (χ3v) is 13.4. The minimum absolute atomic E-state index is 0.124. The van der Waals surface area contributed by atoms with Crippen LogP contribution in [0.5, 0.6) is 0 Å². The number of benzene rings is 9. The summed E-state index contributed by atoms with van der Waals surface area (Å²) in [6.07, 6.45) is 4.20. The van der Waals surface area contributed by atoms with Gasteiger partial charge in [-0.15, -0.1) is 0 Å². The van der Waals surface area contributed by atoms with Crippen LogP contribution in [-0.2, 0) is 5.54 Å². The van der Waals surface area contributed by atoms with Crippen molar-refractivity contribution in [1.82, 2.24) is 18.7 Å². The highest BCUT2D eigenvalue weighted by atomic mass is 15.2. The van der Waals surface area contributed by atoms with Crippen molar-refractivity contribution in [1.29, 1.82) is 0 Å². The lowest BCUT2D eigenvalue weighted by Gasteiger charge is -2.30. The molecule has 0 spiro atoms. The molecule has 12 rings (SSSR count). The molecule has 9 aromatic carbocycles. The molecule has 330 valence electrons. The smallest absolute Gasteiger partial charge is 0.191 e. The van der Waals surface area contributed by atoms with Crippen molar-refractivity contribution in [3.05, 3.63) is 249 Å². The molecule has 0 unspecified atom stereocenters. The van der Waals surface area contributed by atoms with E-state index in [0.717, 1.165) is 83.9 Å². The zero-order chi connectivity index (χ0) is 46.5. The zero-order valence-corrected chi connectivity index (χ0v) is 38.9. The molecule has 3 aromatic heterocycles. The van der Waals surface area contributed by atoms with Gasteiger partial charge in [0, 0.05) is 58.0 Å². The van der Waals surface area contributed by atoms with Crippen molar-refractivity contribution in [2.24, 2.45) is 0 Å². The first-order valence-corrected chi connectivity index (χ1v) is 23.7. The Morgan fingerprint density at radius 1 is 0.406 bits per heavy atom. The fraction of sp³-hybridized carbons (Fsp3) is 0.0625. The van der Waals surface area contributed by atoms with Crippen LogP contribution in [0.15, 0.2) is 249 Å². The standard InChI is InChI=1S/C64H50N5/c1-64(2,3)67-44-66(59-35-17-18-36-60(59)67)49-27-19-28-50(42-49)68(63-54(46-23-9-5-10-24-46)32-20-33-55(63)47-25-11-6-12-26-47)51-37-38-57-56-31-15-16-34-58(56)69(61(57)43-51)62-41-48(39-40-65-62)53-30-14-13-29-52(53)45-21-7-4-8-22-45/h4-44H,1-3H3/q+1. The molecular weight excluding hydrogens is 839 g/mol. The number of hydrogen-bond donors (Lipinski definition) is 0. The van der Waals surface area contributed by atoms with Crippen molar-refractivity contribution in [3.8, 4) is 56.0 Å². The quantitative estimate of drug-likeness (QED) is 0.135. The molecule has 0 atom stereocenters. The molecule has 0 amide bonds. The summed E-state index contributed by atoms with van der Waals surface area (Å²) in [7, 11) is 0. The van der Waals surface area contributed by atoms with Gasteiger partial charge in [0.25, 0.3) is 0 Å². The summed E-state index contributed by atoms with van der Waals surface area (Å²) in [5, 5.41) is 2.33. The molecule has 5 nitrogen and oxygen atoms in total. The van der Waals surface area contributed by atoms with Gasteiger partial charge in [0.2, 0.25) is 0 Å². The maximum Gasteiger partial charge on any atom is 0.191 e. The number of hydrogen-bond acceptors (Lipinski definition) is 2. The van der Waals surface area contributed by atoms with E-state index in [2.05, 4.69) is 282 Å². The predicted octanol–water partition coefficient (Wildman–Crippen LogP) is 17.1. The van der Waals surface area contributed by atoms with Gasteiger partial charge < -0.3 is 4.90 Å². The SMILES string of the molecule is CC(C)(C)n1[cH+]n(-c2cccc(N(c3ccc4c5ccccc5n(-c5cc(-c6ccccc6-c6ccccc6)ccn5)c4c3)c3c(-c4ccccc4)cccc3-c3ccccc3)c2)c2ccccc21. The Morgan fingerprint density at radius 3 is 1.59 bits per heavy atom. The average Bonchev–Trinajstić information content (AvgIpc) is 3.97. The van der Waals surface area contributed by atoms with E-state index in [1.807, 2.05) is 6.20 Å². The molecule has 0 aliphatic carbocycles. The Balaban J connectivity index is 1.12. The Bertz CT molecular complexity index is 3770. The third kappa shape index (κ3) is 7.45. The second-order valence-electron chi connectivity index (χ2n) is 18.7. The summed E-state index contributed by atoms with van der Waals surface area (Å²) >= 11 is 0. The van der Waals surface area contributed by atoms with Crippen molar-refractivity contribution in [3.63, 3.8) is 0 Å². The number of pyridine rings is 1.